The maximum Gasteiger partial charge on any atom is 0.340 e. The van der Waals surface area contributed by atoms with E-state index in [2.05, 4.69) is 13.2 Å². The minimum atomic E-state index is -1.36. The van der Waals surface area contributed by atoms with Crippen LogP contribution in [0.3, 0.4) is 0 Å². The first-order valence-electron chi connectivity index (χ1n) is 4.62. The van der Waals surface area contributed by atoms with Crippen molar-refractivity contribution in [1.82, 2.24) is 0 Å². The summed E-state index contributed by atoms with van der Waals surface area (Å²) in [6, 6.07) is 9.51. The fourth-order valence-corrected chi connectivity index (χ4v) is 1.77. The van der Waals surface area contributed by atoms with Crippen LogP contribution in [0, 0.1) is 0 Å². The molecule has 0 amide bonds. The smallest absolute Gasteiger partial charge is 0.340 e. The van der Waals surface area contributed by atoms with Crippen molar-refractivity contribution in [2.24, 2.45) is 0 Å². The van der Waals surface area contributed by atoms with Gasteiger partial charge in [0.15, 0.2) is 0 Å². The minimum absolute atomic E-state index is 0.227. The molecule has 0 unspecified atom stereocenters. The molecule has 1 aromatic carbocycles. The predicted octanol–water partition coefficient (Wildman–Crippen LogP) is 2.21. The number of carbonyl (C=O) groups excluding carboxylic acids is 1. The fourth-order valence-electron chi connectivity index (χ4n) is 1.10. The summed E-state index contributed by atoms with van der Waals surface area (Å²) in [5.41, 5.74) is 4.23. The summed E-state index contributed by atoms with van der Waals surface area (Å²) in [4.78, 5) is 11.4. The summed E-state index contributed by atoms with van der Waals surface area (Å²) >= 11 is 0. The largest absolute Gasteiger partial charge is 0.509 e. The van der Waals surface area contributed by atoms with E-state index in [4.69, 9.17) is 4.43 Å². The number of benzene rings is 1. The van der Waals surface area contributed by atoms with Gasteiger partial charge in [0, 0.05) is 0 Å². The lowest BCUT2D eigenvalue weighted by Gasteiger charge is -2.07. The van der Waals surface area contributed by atoms with Gasteiger partial charge in [-0.1, -0.05) is 41.7 Å². The highest BCUT2D eigenvalue weighted by Crippen LogP contribution is 2.02. The van der Waals surface area contributed by atoms with Gasteiger partial charge in [0.05, 0.1) is 6.42 Å². The zero-order valence-corrected chi connectivity index (χ0v) is 9.48. The van der Waals surface area contributed by atoms with E-state index in [0.29, 0.717) is 6.42 Å². The van der Waals surface area contributed by atoms with Gasteiger partial charge in [-0.2, -0.15) is 0 Å². The average Bonchev–Trinajstić information content (AvgIpc) is 2.27. The molecule has 0 aromatic heterocycles. The van der Waals surface area contributed by atoms with E-state index in [9.17, 15) is 4.79 Å². The van der Waals surface area contributed by atoms with Crippen LogP contribution >= 0.6 is 0 Å². The van der Waals surface area contributed by atoms with Crippen molar-refractivity contribution < 1.29 is 9.22 Å². The molecule has 0 heterocycles. The van der Waals surface area contributed by atoms with Crippen molar-refractivity contribution in [2.45, 2.75) is 6.42 Å². The van der Waals surface area contributed by atoms with E-state index in [1.807, 2.05) is 30.3 Å². The Hall–Kier alpha value is -1.61. The SMILES string of the molecule is C=C[Si](C=C)OC(=O)Cc1ccccc1. The average molecular weight is 217 g/mol. The Labute approximate surface area is 91.6 Å². The molecule has 0 bridgehead atoms. The molecule has 1 radical (unpaired) electrons. The molecule has 0 spiro atoms. The van der Waals surface area contributed by atoms with Crippen molar-refractivity contribution in [3.8, 4) is 0 Å². The van der Waals surface area contributed by atoms with Gasteiger partial charge >= 0.3 is 9.04 Å². The van der Waals surface area contributed by atoms with Gasteiger partial charge in [-0.25, -0.2) is 0 Å². The molecule has 0 aliphatic rings. The van der Waals surface area contributed by atoms with Crippen molar-refractivity contribution in [3.63, 3.8) is 0 Å². The monoisotopic (exact) mass is 217 g/mol. The second-order valence-electron chi connectivity index (χ2n) is 2.95. The summed E-state index contributed by atoms with van der Waals surface area (Å²) < 4.78 is 5.18. The number of rotatable bonds is 5. The first-order valence-corrected chi connectivity index (χ1v) is 6.19. The van der Waals surface area contributed by atoms with Crippen molar-refractivity contribution in [3.05, 3.63) is 60.5 Å². The van der Waals surface area contributed by atoms with Gasteiger partial charge in [0.25, 0.3) is 5.97 Å². The van der Waals surface area contributed by atoms with Crippen LogP contribution in [0.4, 0.5) is 0 Å². The predicted molar refractivity (Wildman–Crippen MR) is 62.4 cm³/mol. The molecular formula is C12H13O2Si. The fraction of sp³-hybridized carbons (Fsp3) is 0.0833. The second kappa shape index (κ2) is 5.98. The Bertz CT molecular complexity index is 338. The lowest BCUT2D eigenvalue weighted by atomic mass is 10.2. The Morgan fingerprint density at radius 3 is 2.40 bits per heavy atom. The number of carbonyl (C=O) groups is 1. The number of hydrogen-bond acceptors (Lipinski definition) is 2. The summed E-state index contributed by atoms with van der Waals surface area (Å²) in [6.45, 7) is 7.18. The molecule has 1 aromatic rings. The number of hydrogen-bond donors (Lipinski definition) is 0. The third-order valence-electron chi connectivity index (χ3n) is 1.83. The van der Waals surface area contributed by atoms with E-state index >= 15 is 0 Å². The molecule has 3 heteroatoms. The third kappa shape index (κ3) is 3.95. The maximum absolute atomic E-state index is 11.4. The Morgan fingerprint density at radius 2 is 1.87 bits per heavy atom. The standard InChI is InChI=1S/C12H13O2Si/c1-3-15(4-2)14-12(13)10-11-8-6-5-7-9-11/h3-9H,1-2,10H2. The van der Waals surface area contributed by atoms with Crippen molar-refractivity contribution >= 4 is 15.0 Å². The molecule has 0 aliphatic carbocycles. The molecule has 77 valence electrons. The molecule has 0 atom stereocenters. The first kappa shape index (κ1) is 11.5. The molecule has 0 N–H and O–H groups in total. The van der Waals surface area contributed by atoms with Crippen LogP contribution in [-0.2, 0) is 15.6 Å². The van der Waals surface area contributed by atoms with Crippen LogP contribution in [0.1, 0.15) is 5.56 Å². The first-order chi connectivity index (χ1) is 7.26. The third-order valence-corrected chi connectivity index (χ3v) is 3.09. The summed E-state index contributed by atoms with van der Waals surface area (Å²) in [7, 11) is -1.36. The molecule has 15 heavy (non-hydrogen) atoms. The van der Waals surface area contributed by atoms with Gasteiger partial charge in [-0.05, 0) is 5.56 Å². The molecular weight excluding hydrogens is 204 g/mol. The van der Waals surface area contributed by atoms with Gasteiger partial charge < -0.3 is 4.43 Å². The summed E-state index contributed by atoms with van der Waals surface area (Å²) in [6.07, 6.45) is 0.302. The van der Waals surface area contributed by atoms with Crippen LogP contribution in [0.5, 0.6) is 0 Å². The summed E-state index contributed by atoms with van der Waals surface area (Å²) in [5, 5.41) is 0. The molecule has 2 nitrogen and oxygen atoms in total. The van der Waals surface area contributed by atoms with Gasteiger partial charge in [0.2, 0.25) is 0 Å². The van der Waals surface area contributed by atoms with Crippen molar-refractivity contribution in [1.29, 1.82) is 0 Å². The summed E-state index contributed by atoms with van der Waals surface area (Å²) in [5.74, 6) is -0.227. The zero-order valence-electron chi connectivity index (χ0n) is 8.48. The highest BCUT2D eigenvalue weighted by Gasteiger charge is 2.11. The normalized spacial score (nSPS) is 9.67. The topological polar surface area (TPSA) is 26.3 Å². The molecule has 0 saturated carbocycles. The second-order valence-corrected chi connectivity index (χ2v) is 4.77. The molecule has 0 fully saturated rings. The minimum Gasteiger partial charge on any atom is -0.509 e. The van der Waals surface area contributed by atoms with Crippen LogP contribution in [0.2, 0.25) is 0 Å². The molecule has 0 aliphatic heterocycles. The van der Waals surface area contributed by atoms with Gasteiger partial charge in [-0.15, -0.1) is 13.2 Å². The van der Waals surface area contributed by atoms with E-state index in [0.717, 1.165) is 5.56 Å². The molecule has 1 rings (SSSR count). The lowest BCUT2D eigenvalue weighted by Crippen LogP contribution is -2.19. The lowest BCUT2D eigenvalue weighted by molar-refractivity contribution is -0.133. The van der Waals surface area contributed by atoms with E-state index in [-0.39, 0.29) is 5.97 Å². The van der Waals surface area contributed by atoms with Crippen molar-refractivity contribution in [2.75, 3.05) is 0 Å². The van der Waals surface area contributed by atoms with Gasteiger partial charge in [-0.3, -0.25) is 4.79 Å². The Balaban J connectivity index is 2.49. The van der Waals surface area contributed by atoms with Crippen LogP contribution in [0.25, 0.3) is 0 Å². The maximum atomic E-state index is 11.4. The zero-order chi connectivity index (χ0) is 11.1. The van der Waals surface area contributed by atoms with E-state index in [1.165, 1.54) is 0 Å². The van der Waals surface area contributed by atoms with Gasteiger partial charge in [0.1, 0.15) is 0 Å². The van der Waals surface area contributed by atoms with E-state index in [1.54, 1.807) is 11.4 Å². The Kier molecular flexibility index (Phi) is 4.57. The quantitative estimate of drug-likeness (QED) is 0.707. The van der Waals surface area contributed by atoms with Crippen LogP contribution in [0.15, 0.2) is 54.9 Å². The highest BCUT2D eigenvalue weighted by atomic mass is 28.3. The van der Waals surface area contributed by atoms with E-state index < -0.39 is 9.04 Å². The Morgan fingerprint density at radius 1 is 1.27 bits per heavy atom. The molecule has 0 saturated heterocycles. The van der Waals surface area contributed by atoms with Crippen LogP contribution < -0.4 is 0 Å². The van der Waals surface area contributed by atoms with Crippen LogP contribution in [-0.4, -0.2) is 15.0 Å². The highest BCUT2D eigenvalue weighted by molar-refractivity contribution is 6.64.